The summed E-state index contributed by atoms with van der Waals surface area (Å²) in [5.41, 5.74) is 7.37. The Hall–Kier alpha value is -2.56. The number of nitro groups is 1. The maximum absolute atomic E-state index is 10.5. The minimum absolute atomic E-state index is 0.100. The highest BCUT2D eigenvalue weighted by molar-refractivity contribution is 5.41. The first-order valence-corrected chi connectivity index (χ1v) is 5.87. The van der Waals surface area contributed by atoms with Crippen LogP contribution in [0.15, 0.2) is 48.5 Å². The Morgan fingerprint density at radius 1 is 1.05 bits per heavy atom. The fourth-order valence-electron chi connectivity index (χ4n) is 1.64. The molecule has 0 unspecified atom stereocenters. The van der Waals surface area contributed by atoms with Crippen molar-refractivity contribution in [2.75, 3.05) is 12.3 Å². The molecule has 0 radical (unpaired) electrons. The Kier molecular flexibility index (Phi) is 3.97. The summed E-state index contributed by atoms with van der Waals surface area (Å²) in [7, 11) is 0. The lowest BCUT2D eigenvalue weighted by Crippen LogP contribution is -2.01. The standard InChI is InChI=1S/C14H14N2O3/c15-12-3-7-14(8-4-12)19-10-9-11-1-5-13(6-2-11)16(17)18/h1-8H,9-10,15H2. The van der Waals surface area contributed by atoms with Crippen LogP contribution in [0, 0.1) is 10.1 Å². The van der Waals surface area contributed by atoms with Gasteiger partial charge in [-0.2, -0.15) is 0 Å². The highest BCUT2D eigenvalue weighted by Crippen LogP contribution is 2.15. The molecule has 2 aromatic rings. The summed E-state index contributed by atoms with van der Waals surface area (Å²) >= 11 is 0. The average Bonchev–Trinajstić information content (AvgIpc) is 2.41. The monoisotopic (exact) mass is 258 g/mol. The fraction of sp³-hybridized carbons (Fsp3) is 0.143. The molecule has 2 aromatic carbocycles. The van der Waals surface area contributed by atoms with Crippen molar-refractivity contribution >= 4 is 11.4 Å². The van der Waals surface area contributed by atoms with E-state index in [4.69, 9.17) is 10.5 Å². The van der Waals surface area contributed by atoms with Gasteiger partial charge in [0.1, 0.15) is 5.75 Å². The Bertz CT molecular complexity index is 550. The lowest BCUT2D eigenvalue weighted by atomic mass is 10.1. The van der Waals surface area contributed by atoms with Gasteiger partial charge in [-0.05, 0) is 29.8 Å². The van der Waals surface area contributed by atoms with Crippen molar-refractivity contribution in [2.45, 2.75) is 6.42 Å². The zero-order chi connectivity index (χ0) is 13.7. The van der Waals surface area contributed by atoms with Gasteiger partial charge in [0.15, 0.2) is 0 Å². The number of hydrogen-bond donors (Lipinski definition) is 1. The number of benzene rings is 2. The fourth-order valence-corrected chi connectivity index (χ4v) is 1.64. The van der Waals surface area contributed by atoms with Gasteiger partial charge in [-0.1, -0.05) is 12.1 Å². The second kappa shape index (κ2) is 5.86. The molecule has 0 aliphatic heterocycles. The van der Waals surface area contributed by atoms with E-state index in [1.54, 1.807) is 24.3 Å². The highest BCUT2D eigenvalue weighted by Gasteiger charge is 2.03. The van der Waals surface area contributed by atoms with Crippen LogP contribution in [0.3, 0.4) is 0 Å². The van der Waals surface area contributed by atoms with Crippen molar-refractivity contribution < 1.29 is 9.66 Å². The Morgan fingerprint density at radius 3 is 2.26 bits per heavy atom. The van der Waals surface area contributed by atoms with Crippen LogP contribution in [0.1, 0.15) is 5.56 Å². The van der Waals surface area contributed by atoms with E-state index in [1.807, 2.05) is 12.1 Å². The van der Waals surface area contributed by atoms with Gasteiger partial charge in [0.05, 0.1) is 11.5 Å². The molecule has 0 heterocycles. The van der Waals surface area contributed by atoms with E-state index in [-0.39, 0.29) is 5.69 Å². The van der Waals surface area contributed by atoms with Crippen LogP contribution in [0.2, 0.25) is 0 Å². The van der Waals surface area contributed by atoms with Crippen LogP contribution in [0.25, 0.3) is 0 Å². The number of nitrogens with two attached hydrogens (primary N) is 1. The van der Waals surface area contributed by atoms with E-state index >= 15 is 0 Å². The molecule has 0 aliphatic rings. The third-order valence-electron chi connectivity index (χ3n) is 2.69. The molecule has 0 atom stereocenters. The number of non-ortho nitro benzene ring substituents is 1. The lowest BCUT2D eigenvalue weighted by Gasteiger charge is -2.06. The number of nitrogen functional groups attached to an aromatic ring is 1. The molecule has 0 aliphatic carbocycles. The van der Waals surface area contributed by atoms with Crippen LogP contribution in [0.5, 0.6) is 5.75 Å². The van der Waals surface area contributed by atoms with Crippen molar-refractivity contribution in [3.05, 3.63) is 64.2 Å². The zero-order valence-corrected chi connectivity index (χ0v) is 10.3. The second-order valence-corrected chi connectivity index (χ2v) is 4.09. The first kappa shape index (κ1) is 12.9. The molecule has 0 saturated carbocycles. The summed E-state index contributed by atoms with van der Waals surface area (Å²) in [6.07, 6.45) is 0.697. The van der Waals surface area contributed by atoms with Crippen molar-refractivity contribution in [1.82, 2.24) is 0 Å². The van der Waals surface area contributed by atoms with Crippen LogP contribution in [-0.4, -0.2) is 11.5 Å². The quantitative estimate of drug-likeness (QED) is 0.508. The van der Waals surface area contributed by atoms with Crippen molar-refractivity contribution in [2.24, 2.45) is 0 Å². The summed E-state index contributed by atoms with van der Waals surface area (Å²) in [6, 6.07) is 13.7. The van der Waals surface area contributed by atoms with E-state index in [2.05, 4.69) is 0 Å². The van der Waals surface area contributed by atoms with Gasteiger partial charge in [-0.25, -0.2) is 0 Å². The molecule has 0 aromatic heterocycles. The van der Waals surface area contributed by atoms with Crippen LogP contribution in [-0.2, 0) is 6.42 Å². The van der Waals surface area contributed by atoms with E-state index in [9.17, 15) is 10.1 Å². The molecular weight excluding hydrogens is 244 g/mol. The molecule has 98 valence electrons. The first-order valence-electron chi connectivity index (χ1n) is 5.87. The molecular formula is C14H14N2O3. The van der Waals surface area contributed by atoms with E-state index in [0.717, 1.165) is 11.3 Å². The summed E-state index contributed by atoms with van der Waals surface area (Å²) in [6.45, 7) is 0.516. The number of nitrogens with zero attached hydrogens (tertiary/aromatic N) is 1. The number of ether oxygens (including phenoxy) is 1. The molecule has 5 nitrogen and oxygen atoms in total. The maximum atomic E-state index is 10.5. The van der Waals surface area contributed by atoms with Gasteiger partial charge in [-0.15, -0.1) is 0 Å². The van der Waals surface area contributed by atoms with Gasteiger partial charge < -0.3 is 10.5 Å². The van der Waals surface area contributed by atoms with E-state index in [1.165, 1.54) is 12.1 Å². The number of rotatable bonds is 5. The summed E-state index contributed by atoms with van der Waals surface area (Å²) < 4.78 is 5.55. The molecule has 2 rings (SSSR count). The van der Waals surface area contributed by atoms with Crippen LogP contribution >= 0.6 is 0 Å². The van der Waals surface area contributed by atoms with Crippen molar-refractivity contribution in [3.63, 3.8) is 0 Å². The molecule has 2 N–H and O–H groups in total. The van der Waals surface area contributed by atoms with Crippen LogP contribution in [0.4, 0.5) is 11.4 Å². The second-order valence-electron chi connectivity index (χ2n) is 4.09. The smallest absolute Gasteiger partial charge is 0.269 e. The number of anilines is 1. The highest BCUT2D eigenvalue weighted by atomic mass is 16.6. The maximum Gasteiger partial charge on any atom is 0.269 e. The largest absolute Gasteiger partial charge is 0.493 e. The normalized spacial score (nSPS) is 10.1. The van der Waals surface area contributed by atoms with Crippen molar-refractivity contribution in [3.8, 4) is 5.75 Å². The summed E-state index contributed by atoms with van der Waals surface area (Å²) in [5, 5.41) is 10.5. The van der Waals surface area contributed by atoms with Gasteiger partial charge >= 0.3 is 0 Å². The molecule has 0 fully saturated rings. The first-order chi connectivity index (χ1) is 9.15. The summed E-state index contributed by atoms with van der Waals surface area (Å²) in [4.78, 5) is 10.1. The average molecular weight is 258 g/mol. The molecule has 0 saturated heterocycles. The van der Waals surface area contributed by atoms with Gasteiger partial charge in [0, 0.05) is 24.2 Å². The molecule has 5 heteroatoms. The molecule has 19 heavy (non-hydrogen) atoms. The third kappa shape index (κ3) is 3.70. The predicted molar refractivity (Wildman–Crippen MR) is 73.1 cm³/mol. The van der Waals surface area contributed by atoms with E-state index in [0.29, 0.717) is 18.7 Å². The lowest BCUT2D eigenvalue weighted by molar-refractivity contribution is -0.384. The minimum Gasteiger partial charge on any atom is -0.493 e. The molecule has 0 amide bonds. The predicted octanol–water partition coefficient (Wildman–Crippen LogP) is 2.80. The Balaban J connectivity index is 1.85. The zero-order valence-electron chi connectivity index (χ0n) is 10.3. The number of hydrogen-bond acceptors (Lipinski definition) is 4. The topological polar surface area (TPSA) is 78.4 Å². The Morgan fingerprint density at radius 2 is 1.68 bits per heavy atom. The minimum atomic E-state index is -0.408. The van der Waals surface area contributed by atoms with Crippen LogP contribution < -0.4 is 10.5 Å². The van der Waals surface area contributed by atoms with Gasteiger partial charge in [-0.3, -0.25) is 10.1 Å². The molecule has 0 spiro atoms. The number of nitro benzene ring substituents is 1. The van der Waals surface area contributed by atoms with Gasteiger partial charge in [0.2, 0.25) is 0 Å². The molecule has 0 bridgehead atoms. The van der Waals surface area contributed by atoms with E-state index < -0.39 is 4.92 Å². The Labute approximate surface area is 110 Å². The van der Waals surface area contributed by atoms with Gasteiger partial charge in [0.25, 0.3) is 5.69 Å². The SMILES string of the molecule is Nc1ccc(OCCc2ccc([N+](=O)[O-])cc2)cc1. The summed E-state index contributed by atoms with van der Waals surface area (Å²) in [5.74, 6) is 0.760. The van der Waals surface area contributed by atoms with Crippen molar-refractivity contribution in [1.29, 1.82) is 0 Å². The third-order valence-corrected chi connectivity index (χ3v) is 2.69.